The number of hydrogen-bond acceptors (Lipinski definition) is 4. The van der Waals surface area contributed by atoms with Crippen LogP contribution in [0.25, 0.3) is 11.8 Å². The van der Waals surface area contributed by atoms with E-state index in [0.717, 1.165) is 28.9 Å². The highest BCUT2D eigenvalue weighted by Gasteiger charge is 2.23. The van der Waals surface area contributed by atoms with Crippen molar-refractivity contribution in [2.45, 2.75) is 26.3 Å². The minimum Gasteiger partial charge on any atom is -0.495 e. The Balaban J connectivity index is 1.62. The summed E-state index contributed by atoms with van der Waals surface area (Å²) in [6, 6.07) is 14.3. The van der Waals surface area contributed by atoms with Gasteiger partial charge in [-0.25, -0.2) is 4.98 Å². The zero-order valence-electron chi connectivity index (χ0n) is 19.3. The topological polar surface area (TPSA) is 66.3 Å². The first kappa shape index (κ1) is 21.0. The lowest BCUT2D eigenvalue weighted by Gasteiger charge is -2.21. The second-order valence-corrected chi connectivity index (χ2v) is 8.51. The van der Waals surface area contributed by atoms with E-state index in [4.69, 9.17) is 4.74 Å². The van der Waals surface area contributed by atoms with Crippen LogP contribution in [-0.2, 0) is 7.05 Å². The average Bonchev–Trinajstić information content (AvgIpc) is 3.36. The third kappa shape index (κ3) is 3.69. The molecule has 0 radical (unpaired) electrons. The average molecular weight is 442 g/mol. The smallest absolute Gasteiger partial charge is 0.277 e. The van der Waals surface area contributed by atoms with Gasteiger partial charge in [0.2, 0.25) is 5.62 Å². The minimum atomic E-state index is -0.0326. The van der Waals surface area contributed by atoms with Crippen LogP contribution in [0, 0.1) is 13.8 Å². The van der Waals surface area contributed by atoms with Crippen molar-refractivity contribution in [2.24, 2.45) is 12.0 Å². The number of rotatable bonds is 4. The molecule has 3 heterocycles. The number of aryl methyl sites for hydroxylation is 2. The summed E-state index contributed by atoms with van der Waals surface area (Å²) in [5, 5.41) is 0.598. The molecule has 0 saturated heterocycles. The van der Waals surface area contributed by atoms with Crippen LogP contribution in [0.5, 0.6) is 5.75 Å². The van der Waals surface area contributed by atoms with Crippen molar-refractivity contribution in [3.63, 3.8) is 0 Å². The van der Waals surface area contributed by atoms with Gasteiger partial charge in [0.1, 0.15) is 11.1 Å². The van der Waals surface area contributed by atoms with Gasteiger partial charge in [-0.2, -0.15) is 0 Å². The van der Waals surface area contributed by atoms with Crippen molar-refractivity contribution < 1.29 is 4.74 Å². The van der Waals surface area contributed by atoms with E-state index in [1.165, 1.54) is 5.56 Å². The van der Waals surface area contributed by atoms with Gasteiger partial charge in [0.25, 0.3) is 5.56 Å². The third-order valence-corrected chi connectivity index (χ3v) is 6.24. The Morgan fingerprint density at radius 2 is 1.91 bits per heavy atom. The summed E-state index contributed by atoms with van der Waals surface area (Å²) < 4.78 is 11.3. The number of ether oxygens (including phenoxy) is 1. The highest BCUT2D eigenvalue weighted by Crippen LogP contribution is 2.25. The van der Waals surface area contributed by atoms with E-state index in [9.17, 15) is 4.79 Å². The van der Waals surface area contributed by atoms with Crippen LogP contribution < -0.4 is 21.3 Å². The van der Waals surface area contributed by atoms with Crippen LogP contribution in [0.15, 0.2) is 64.8 Å². The van der Waals surface area contributed by atoms with E-state index in [0.29, 0.717) is 23.3 Å². The highest BCUT2D eigenvalue weighted by molar-refractivity contribution is 5.58. The molecule has 7 nitrogen and oxygen atoms in total. The number of benzene rings is 2. The van der Waals surface area contributed by atoms with Crippen molar-refractivity contribution in [3.8, 4) is 11.4 Å². The summed E-state index contributed by atoms with van der Waals surface area (Å²) in [5.74, 6) is 0.711. The van der Waals surface area contributed by atoms with E-state index < -0.39 is 0 Å². The molecule has 1 atom stereocenters. The number of methoxy groups -OCH3 is 1. The molecule has 33 heavy (non-hydrogen) atoms. The Kier molecular flexibility index (Phi) is 5.24. The van der Waals surface area contributed by atoms with Crippen molar-refractivity contribution in [1.82, 2.24) is 18.7 Å². The molecule has 5 rings (SSSR count). The Labute approximate surface area is 191 Å². The van der Waals surface area contributed by atoms with Gasteiger partial charge in [0, 0.05) is 19.8 Å². The molecule has 4 aromatic rings. The second-order valence-electron chi connectivity index (χ2n) is 8.51. The van der Waals surface area contributed by atoms with Crippen LogP contribution >= 0.6 is 0 Å². The summed E-state index contributed by atoms with van der Waals surface area (Å²) in [6.07, 6.45) is 6.43. The summed E-state index contributed by atoms with van der Waals surface area (Å²) in [6.45, 7) is 4.72. The number of nitrogens with zero attached hydrogens (tertiary/aromatic N) is 5. The molecular weight excluding hydrogens is 414 g/mol. The van der Waals surface area contributed by atoms with Crippen LogP contribution in [-0.4, -0.2) is 32.3 Å². The van der Waals surface area contributed by atoms with Gasteiger partial charge in [-0.15, -0.1) is 0 Å². The number of fused-ring (bicyclic) bond motifs is 1. The third-order valence-electron chi connectivity index (χ3n) is 6.24. The molecule has 7 heteroatoms. The van der Waals surface area contributed by atoms with Crippen LogP contribution in [0.3, 0.4) is 0 Å². The fourth-order valence-corrected chi connectivity index (χ4v) is 4.48. The maximum absolute atomic E-state index is 13.5. The molecule has 1 aliphatic heterocycles. The highest BCUT2D eigenvalue weighted by atomic mass is 16.5. The maximum Gasteiger partial charge on any atom is 0.277 e. The quantitative estimate of drug-likeness (QED) is 0.489. The summed E-state index contributed by atoms with van der Waals surface area (Å²) >= 11 is 0. The maximum atomic E-state index is 13.5. The van der Waals surface area contributed by atoms with Crippen LogP contribution in [0.4, 0.5) is 0 Å². The predicted molar refractivity (Wildman–Crippen MR) is 128 cm³/mol. The first-order valence-corrected chi connectivity index (χ1v) is 11.1. The Bertz CT molecular complexity index is 1510. The number of imidazole rings is 2. The van der Waals surface area contributed by atoms with E-state index >= 15 is 0 Å². The van der Waals surface area contributed by atoms with Crippen molar-refractivity contribution in [1.29, 1.82) is 0 Å². The molecule has 1 aliphatic rings. The van der Waals surface area contributed by atoms with Crippen LogP contribution in [0.1, 0.15) is 34.8 Å². The first-order valence-electron chi connectivity index (χ1n) is 11.1. The molecule has 0 spiro atoms. The van der Waals surface area contributed by atoms with E-state index in [-0.39, 0.29) is 11.6 Å². The van der Waals surface area contributed by atoms with Gasteiger partial charge >= 0.3 is 0 Å². The molecule has 0 bridgehead atoms. The van der Waals surface area contributed by atoms with E-state index in [1.807, 2.05) is 58.1 Å². The molecule has 0 N–H and O–H groups in total. The molecule has 0 amide bonds. The van der Waals surface area contributed by atoms with Crippen molar-refractivity contribution in [3.05, 3.63) is 98.7 Å². The lowest BCUT2D eigenvalue weighted by Crippen LogP contribution is -2.38. The molecule has 0 fully saturated rings. The first-order chi connectivity index (χ1) is 16.0. The Morgan fingerprint density at radius 3 is 2.61 bits per heavy atom. The molecule has 0 saturated carbocycles. The standard InChI is InChI=1S/C26H27N5O2/c1-17-5-8-20(9-6-17)21-11-12-27-26-29(3)23(25(32)31(21)26)13-19-7-10-22(24(14-19)33-4)30-15-18(2)28-16-30/h5-10,13-16,21H,11-12H2,1-4H3/b23-13-. The lowest BCUT2D eigenvalue weighted by molar-refractivity contribution is 0.413. The number of hydrogen-bond donors (Lipinski definition) is 0. The number of aromatic nitrogens is 4. The zero-order chi connectivity index (χ0) is 23.1. The second kappa shape index (κ2) is 8.24. The monoisotopic (exact) mass is 441 g/mol. The summed E-state index contributed by atoms with van der Waals surface area (Å²) in [5.41, 5.74) is 5.73. The van der Waals surface area contributed by atoms with E-state index in [1.54, 1.807) is 13.4 Å². The molecule has 0 aliphatic carbocycles. The van der Waals surface area contributed by atoms with Gasteiger partial charge in [-0.05, 0) is 49.6 Å². The van der Waals surface area contributed by atoms with Gasteiger partial charge in [-0.1, -0.05) is 35.9 Å². The van der Waals surface area contributed by atoms with Gasteiger partial charge in [-0.3, -0.25) is 14.4 Å². The fourth-order valence-electron chi connectivity index (χ4n) is 4.48. The lowest BCUT2D eigenvalue weighted by atomic mass is 10.0. The predicted octanol–water partition coefficient (Wildman–Crippen LogP) is 2.44. The van der Waals surface area contributed by atoms with Crippen LogP contribution in [0.2, 0.25) is 0 Å². The van der Waals surface area contributed by atoms with Gasteiger partial charge in [0.05, 0.1) is 30.9 Å². The molecular formula is C26H27N5O2. The molecule has 2 aromatic carbocycles. The fraction of sp³-hybridized carbons (Fsp3) is 0.269. The Hall–Kier alpha value is -3.87. The summed E-state index contributed by atoms with van der Waals surface area (Å²) in [4.78, 5) is 22.5. The minimum absolute atomic E-state index is 0.0136. The normalized spacial score (nSPS) is 15.9. The van der Waals surface area contributed by atoms with Crippen molar-refractivity contribution in [2.75, 3.05) is 13.7 Å². The van der Waals surface area contributed by atoms with Gasteiger partial charge < -0.3 is 13.9 Å². The summed E-state index contributed by atoms with van der Waals surface area (Å²) in [7, 11) is 3.55. The zero-order valence-corrected chi connectivity index (χ0v) is 19.3. The molecule has 2 aromatic heterocycles. The van der Waals surface area contributed by atoms with Crippen molar-refractivity contribution >= 4 is 6.08 Å². The largest absolute Gasteiger partial charge is 0.495 e. The SMILES string of the molecule is COc1cc(/C=c2/c(=O)n3c(n2C)=NCCC3c2ccc(C)cc2)ccc1-n1cnc(C)c1. The van der Waals surface area contributed by atoms with Gasteiger partial charge in [0.15, 0.2) is 0 Å². The Morgan fingerprint density at radius 1 is 1.12 bits per heavy atom. The molecule has 1 unspecified atom stereocenters. The van der Waals surface area contributed by atoms with E-state index in [2.05, 4.69) is 41.2 Å². The molecule has 168 valence electrons.